The van der Waals surface area contributed by atoms with Crippen LogP contribution in [-0.2, 0) is 9.53 Å². The summed E-state index contributed by atoms with van der Waals surface area (Å²) in [7, 11) is 1.15. The van der Waals surface area contributed by atoms with Crippen LogP contribution in [0.25, 0.3) is 10.9 Å². The van der Waals surface area contributed by atoms with Crippen LogP contribution in [0.15, 0.2) is 35.1 Å². The molecule has 1 atom stereocenters. The highest BCUT2D eigenvalue weighted by atomic mass is 16.5. The number of methoxy groups -OCH3 is 1. The lowest BCUT2D eigenvalue weighted by molar-refractivity contribution is -0.143. The Balaban J connectivity index is 2.39. The number of nitrogens with one attached hydrogen (secondary N) is 2. The van der Waals surface area contributed by atoms with Gasteiger partial charge >= 0.3 is 5.97 Å². The number of H-pyrrole nitrogens is 1. The third-order valence-electron chi connectivity index (χ3n) is 2.97. The van der Waals surface area contributed by atoms with Crippen molar-refractivity contribution in [2.24, 2.45) is 0 Å². The maximum absolute atomic E-state index is 12.2. The SMILES string of the molecule is COC(=O)C(CO)NC(=O)c1cc(=O)[nH]c2ccccc12. The van der Waals surface area contributed by atoms with Gasteiger partial charge in [0.2, 0.25) is 5.56 Å². The summed E-state index contributed by atoms with van der Waals surface area (Å²) in [6, 6.07) is 6.75. The van der Waals surface area contributed by atoms with Gasteiger partial charge in [0.05, 0.1) is 19.3 Å². The second-order valence-electron chi connectivity index (χ2n) is 4.32. The number of pyridine rings is 1. The molecule has 0 saturated carbocycles. The van der Waals surface area contributed by atoms with Crippen molar-refractivity contribution < 1.29 is 19.4 Å². The van der Waals surface area contributed by atoms with E-state index in [2.05, 4.69) is 15.0 Å². The molecule has 7 heteroatoms. The fraction of sp³-hybridized carbons (Fsp3) is 0.214. The Hall–Kier alpha value is -2.67. The molecular formula is C14H14N2O5. The number of aliphatic hydroxyl groups is 1. The zero-order valence-corrected chi connectivity index (χ0v) is 11.3. The first-order valence-corrected chi connectivity index (χ1v) is 6.18. The number of benzene rings is 1. The Bertz CT molecular complexity index is 737. The van der Waals surface area contributed by atoms with E-state index < -0.39 is 30.1 Å². The third kappa shape index (κ3) is 3.09. The van der Waals surface area contributed by atoms with Crippen LogP contribution in [0, 0.1) is 0 Å². The van der Waals surface area contributed by atoms with Crippen molar-refractivity contribution in [2.45, 2.75) is 6.04 Å². The van der Waals surface area contributed by atoms with E-state index in [1.54, 1.807) is 24.3 Å². The molecule has 1 unspecified atom stereocenters. The van der Waals surface area contributed by atoms with Crippen molar-refractivity contribution in [1.29, 1.82) is 0 Å². The van der Waals surface area contributed by atoms with Gasteiger partial charge in [0.15, 0.2) is 6.04 Å². The molecule has 0 saturated heterocycles. The lowest BCUT2D eigenvalue weighted by Crippen LogP contribution is -2.44. The smallest absolute Gasteiger partial charge is 0.330 e. The standard InChI is InChI=1S/C14H14N2O5/c1-21-14(20)11(7-17)16-13(19)9-6-12(18)15-10-5-3-2-4-8(9)10/h2-6,11,17H,7H2,1H3,(H,15,18)(H,16,19). The first-order valence-electron chi connectivity index (χ1n) is 6.18. The molecule has 1 heterocycles. The van der Waals surface area contributed by atoms with Crippen LogP contribution < -0.4 is 10.9 Å². The van der Waals surface area contributed by atoms with Gasteiger partial charge in [0.25, 0.3) is 5.91 Å². The number of aliphatic hydroxyl groups excluding tert-OH is 1. The van der Waals surface area contributed by atoms with Gasteiger partial charge in [-0.05, 0) is 6.07 Å². The molecule has 0 fully saturated rings. The number of rotatable bonds is 4. The summed E-state index contributed by atoms with van der Waals surface area (Å²) in [5.74, 6) is -1.40. The van der Waals surface area contributed by atoms with Gasteiger partial charge in [-0.1, -0.05) is 18.2 Å². The van der Waals surface area contributed by atoms with Crippen molar-refractivity contribution in [1.82, 2.24) is 10.3 Å². The van der Waals surface area contributed by atoms with Crippen LogP contribution in [0.2, 0.25) is 0 Å². The number of aromatic amines is 1. The predicted molar refractivity (Wildman–Crippen MR) is 74.9 cm³/mol. The van der Waals surface area contributed by atoms with Crippen molar-refractivity contribution in [2.75, 3.05) is 13.7 Å². The maximum atomic E-state index is 12.2. The lowest BCUT2D eigenvalue weighted by atomic mass is 10.1. The minimum atomic E-state index is -1.18. The molecule has 1 aromatic carbocycles. The van der Waals surface area contributed by atoms with Gasteiger partial charge in [0, 0.05) is 17.0 Å². The fourth-order valence-electron chi connectivity index (χ4n) is 1.95. The highest BCUT2D eigenvalue weighted by Crippen LogP contribution is 2.14. The molecule has 2 aromatic rings. The number of ether oxygens (including phenoxy) is 1. The molecule has 21 heavy (non-hydrogen) atoms. The molecule has 0 aliphatic carbocycles. The van der Waals surface area contributed by atoms with Gasteiger partial charge < -0.3 is 20.1 Å². The van der Waals surface area contributed by atoms with E-state index in [0.29, 0.717) is 10.9 Å². The largest absolute Gasteiger partial charge is 0.467 e. The van der Waals surface area contributed by atoms with Crippen LogP contribution in [0.4, 0.5) is 0 Å². The Kier molecular flexibility index (Phi) is 4.34. The van der Waals surface area contributed by atoms with Gasteiger partial charge in [-0.3, -0.25) is 9.59 Å². The number of aromatic nitrogens is 1. The van der Waals surface area contributed by atoms with Gasteiger partial charge in [0.1, 0.15) is 0 Å². The van der Waals surface area contributed by atoms with Crippen LogP contribution in [0.1, 0.15) is 10.4 Å². The Morgan fingerprint density at radius 3 is 2.76 bits per heavy atom. The predicted octanol–water partition coefficient (Wildman–Crippen LogP) is -0.208. The molecular weight excluding hydrogens is 276 g/mol. The summed E-state index contributed by atoms with van der Waals surface area (Å²) in [5, 5.41) is 12.0. The summed E-state index contributed by atoms with van der Waals surface area (Å²) in [5.41, 5.74) is 0.197. The topological polar surface area (TPSA) is 108 Å². The molecule has 0 spiro atoms. The summed E-state index contributed by atoms with van der Waals surface area (Å²) < 4.78 is 4.47. The molecule has 1 amide bonds. The minimum absolute atomic E-state index is 0.122. The van der Waals surface area contributed by atoms with Crippen LogP contribution in [-0.4, -0.2) is 41.7 Å². The van der Waals surface area contributed by atoms with Gasteiger partial charge in [-0.25, -0.2) is 4.79 Å². The van der Waals surface area contributed by atoms with Gasteiger partial charge in [-0.15, -0.1) is 0 Å². The molecule has 0 bridgehead atoms. The van der Waals surface area contributed by atoms with Crippen LogP contribution in [0.5, 0.6) is 0 Å². The summed E-state index contributed by atoms with van der Waals surface area (Å²) >= 11 is 0. The summed E-state index contributed by atoms with van der Waals surface area (Å²) in [6.45, 7) is -0.598. The van der Waals surface area contributed by atoms with E-state index in [1.165, 1.54) is 0 Å². The van der Waals surface area contributed by atoms with E-state index in [-0.39, 0.29) is 5.56 Å². The van der Waals surface area contributed by atoms with Crippen molar-refractivity contribution in [3.63, 3.8) is 0 Å². The molecule has 1 aromatic heterocycles. The van der Waals surface area contributed by atoms with E-state index in [9.17, 15) is 14.4 Å². The zero-order chi connectivity index (χ0) is 15.4. The normalized spacial score (nSPS) is 11.9. The fourth-order valence-corrected chi connectivity index (χ4v) is 1.95. The van der Waals surface area contributed by atoms with E-state index in [4.69, 9.17) is 5.11 Å². The maximum Gasteiger partial charge on any atom is 0.330 e. The molecule has 7 nitrogen and oxygen atoms in total. The van der Waals surface area contributed by atoms with E-state index >= 15 is 0 Å². The quantitative estimate of drug-likeness (QED) is 0.675. The number of carbonyl (C=O) groups excluding carboxylic acids is 2. The average Bonchev–Trinajstić information content (AvgIpc) is 2.50. The second kappa shape index (κ2) is 6.19. The highest BCUT2D eigenvalue weighted by molar-refractivity contribution is 6.07. The average molecular weight is 290 g/mol. The summed E-state index contributed by atoms with van der Waals surface area (Å²) in [4.78, 5) is 37.8. The number of hydrogen-bond donors (Lipinski definition) is 3. The first kappa shape index (κ1) is 14.7. The Labute approximate surface area is 119 Å². The first-order chi connectivity index (χ1) is 10.1. The number of para-hydroxylation sites is 1. The van der Waals surface area contributed by atoms with Crippen LogP contribution >= 0.6 is 0 Å². The molecule has 0 aliphatic heterocycles. The molecule has 0 aliphatic rings. The monoisotopic (exact) mass is 290 g/mol. The Morgan fingerprint density at radius 1 is 1.38 bits per heavy atom. The number of amides is 1. The second-order valence-corrected chi connectivity index (χ2v) is 4.32. The minimum Gasteiger partial charge on any atom is -0.467 e. The Morgan fingerprint density at radius 2 is 2.10 bits per heavy atom. The number of hydrogen-bond acceptors (Lipinski definition) is 5. The van der Waals surface area contributed by atoms with Crippen molar-refractivity contribution >= 4 is 22.8 Å². The number of fused-ring (bicyclic) bond motifs is 1. The highest BCUT2D eigenvalue weighted by Gasteiger charge is 2.22. The van der Waals surface area contributed by atoms with Crippen molar-refractivity contribution in [3.8, 4) is 0 Å². The van der Waals surface area contributed by atoms with Crippen molar-refractivity contribution in [3.05, 3.63) is 46.2 Å². The number of esters is 1. The van der Waals surface area contributed by atoms with E-state index in [1.807, 2.05) is 0 Å². The molecule has 2 rings (SSSR count). The molecule has 0 radical (unpaired) electrons. The van der Waals surface area contributed by atoms with E-state index in [0.717, 1.165) is 13.2 Å². The molecule has 3 N–H and O–H groups in total. The lowest BCUT2D eigenvalue weighted by Gasteiger charge is -2.14. The molecule has 110 valence electrons. The summed E-state index contributed by atoms with van der Waals surface area (Å²) in [6.07, 6.45) is 0. The zero-order valence-electron chi connectivity index (χ0n) is 11.3. The third-order valence-corrected chi connectivity index (χ3v) is 2.97. The van der Waals surface area contributed by atoms with Gasteiger partial charge in [-0.2, -0.15) is 0 Å². The van der Waals surface area contributed by atoms with Crippen LogP contribution in [0.3, 0.4) is 0 Å². The number of carbonyl (C=O) groups is 2.